The van der Waals surface area contributed by atoms with Gasteiger partial charge in [-0.15, -0.1) is 0 Å². The van der Waals surface area contributed by atoms with Crippen molar-refractivity contribution in [3.8, 4) is 0 Å². The molecule has 0 aromatic carbocycles. The van der Waals surface area contributed by atoms with Crippen molar-refractivity contribution >= 4 is 23.3 Å². The van der Waals surface area contributed by atoms with E-state index in [0.29, 0.717) is 22.9 Å². The van der Waals surface area contributed by atoms with Crippen LogP contribution in [0.3, 0.4) is 0 Å². The average Bonchev–Trinajstić information content (AvgIpc) is 2.40. The molecule has 0 spiro atoms. The van der Waals surface area contributed by atoms with Crippen LogP contribution in [0, 0.1) is 0 Å². The van der Waals surface area contributed by atoms with Gasteiger partial charge in [-0.2, -0.15) is 0 Å². The Balaban J connectivity index is 2.72. The number of pyridine rings is 1. The minimum Gasteiger partial charge on any atom is -0.370 e. The maximum atomic E-state index is 12.4. The number of aromatic nitrogens is 1. The second kappa shape index (κ2) is 8.07. The molecule has 0 aliphatic carbocycles. The van der Waals surface area contributed by atoms with Gasteiger partial charge in [0, 0.05) is 26.3 Å². The first-order valence-electron chi connectivity index (χ1n) is 6.75. The summed E-state index contributed by atoms with van der Waals surface area (Å²) in [5, 5.41) is 3.47. The third-order valence-electron chi connectivity index (χ3n) is 2.89. The predicted molar refractivity (Wildman–Crippen MR) is 83.5 cm³/mol. The van der Waals surface area contributed by atoms with Gasteiger partial charge in [0.2, 0.25) is 0 Å². The number of hydrogen-bond donors (Lipinski definition) is 1. The van der Waals surface area contributed by atoms with E-state index in [1.54, 1.807) is 18.0 Å². The SMILES string of the molecule is CCNc1cc(C(=O)N(C)CCCN(C)C)c(Cl)cn1. The summed E-state index contributed by atoms with van der Waals surface area (Å²) in [6.07, 6.45) is 2.44. The van der Waals surface area contributed by atoms with Gasteiger partial charge in [-0.25, -0.2) is 4.98 Å². The fraction of sp³-hybridized carbons (Fsp3) is 0.571. The lowest BCUT2D eigenvalue weighted by atomic mass is 10.2. The highest BCUT2D eigenvalue weighted by Gasteiger charge is 2.16. The lowest BCUT2D eigenvalue weighted by Crippen LogP contribution is -2.30. The monoisotopic (exact) mass is 298 g/mol. The minimum absolute atomic E-state index is 0.0738. The molecule has 0 radical (unpaired) electrons. The van der Waals surface area contributed by atoms with E-state index < -0.39 is 0 Å². The summed E-state index contributed by atoms with van der Waals surface area (Å²) in [5.74, 6) is 0.595. The zero-order valence-corrected chi connectivity index (χ0v) is 13.4. The number of rotatable bonds is 7. The lowest BCUT2D eigenvalue weighted by molar-refractivity contribution is 0.0791. The van der Waals surface area contributed by atoms with Gasteiger partial charge < -0.3 is 15.1 Å². The van der Waals surface area contributed by atoms with Crippen LogP contribution < -0.4 is 5.32 Å². The number of nitrogens with zero attached hydrogens (tertiary/aromatic N) is 3. The Morgan fingerprint density at radius 2 is 2.05 bits per heavy atom. The minimum atomic E-state index is -0.0738. The summed E-state index contributed by atoms with van der Waals surface area (Å²) in [5.41, 5.74) is 0.491. The molecule has 0 atom stereocenters. The highest BCUT2D eigenvalue weighted by Crippen LogP contribution is 2.19. The fourth-order valence-corrected chi connectivity index (χ4v) is 2.00. The summed E-state index contributed by atoms with van der Waals surface area (Å²) < 4.78 is 0. The van der Waals surface area contributed by atoms with Crippen molar-refractivity contribution in [2.75, 3.05) is 46.1 Å². The maximum Gasteiger partial charge on any atom is 0.255 e. The zero-order valence-electron chi connectivity index (χ0n) is 12.6. The van der Waals surface area contributed by atoms with Gasteiger partial charge in [0.15, 0.2) is 0 Å². The van der Waals surface area contributed by atoms with Crippen molar-refractivity contribution in [1.29, 1.82) is 0 Å². The van der Waals surface area contributed by atoms with Crippen LogP contribution in [0.1, 0.15) is 23.7 Å². The molecule has 0 bridgehead atoms. The van der Waals surface area contributed by atoms with Crippen LogP contribution in [-0.2, 0) is 0 Å². The molecule has 1 aromatic rings. The van der Waals surface area contributed by atoms with E-state index in [1.165, 1.54) is 6.20 Å². The van der Waals surface area contributed by atoms with E-state index in [2.05, 4.69) is 15.2 Å². The number of halogens is 1. The fourth-order valence-electron chi connectivity index (χ4n) is 1.81. The van der Waals surface area contributed by atoms with E-state index in [9.17, 15) is 4.79 Å². The molecule has 1 N–H and O–H groups in total. The topological polar surface area (TPSA) is 48.5 Å². The van der Waals surface area contributed by atoms with Gasteiger partial charge in [-0.1, -0.05) is 11.6 Å². The third kappa shape index (κ3) is 4.98. The number of carbonyl (C=O) groups is 1. The van der Waals surface area contributed by atoms with Gasteiger partial charge in [-0.3, -0.25) is 4.79 Å². The van der Waals surface area contributed by atoms with Crippen LogP contribution in [0.25, 0.3) is 0 Å². The van der Waals surface area contributed by atoms with Crippen molar-refractivity contribution in [3.63, 3.8) is 0 Å². The first kappa shape index (κ1) is 16.7. The molecule has 0 saturated heterocycles. The summed E-state index contributed by atoms with van der Waals surface area (Å²) in [4.78, 5) is 20.3. The second-order valence-corrected chi connectivity index (χ2v) is 5.37. The highest BCUT2D eigenvalue weighted by molar-refractivity contribution is 6.33. The molecule has 0 fully saturated rings. The highest BCUT2D eigenvalue weighted by atomic mass is 35.5. The number of carbonyl (C=O) groups excluding carboxylic acids is 1. The van der Waals surface area contributed by atoms with E-state index in [1.807, 2.05) is 21.0 Å². The number of hydrogen-bond acceptors (Lipinski definition) is 4. The van der Waals surface area contributed by atoms with Crippen LogP contribution >= 0.6 is 11.6 Å². The summed E-state index contributed by atoms with van der Waals surface area (Å²) in [6.45, 7) is 4.38. The standard InChI is InChI=1S/C14H23ClN4O/c1-5-16-13-9-11(12(15)10-17-13)14(20)19(4)8-6-7-18(2)3/h9-10H,5-8H2,1-4H3,(H,16,17). The Labute approximate surface area is 125 Å². The molecule has 0 aliphatic heterocycles. The summed E-state index contributed by atoms with van der Waals surface area (Å²) >= 11 is 6.07. The van der Waals surface area contributed by atoms with Crippen molar-refractivity contribution < 1.29 is 4.79 Å². The zero-order chi connectivity index (χ0) is 15.1. The smallest absolute Gasteiger partial charge is 0.255 e. The first-order chi connectivity index (χ1) is 9.45. The average molecular weight is 299 g/mol. The molecule has 112 valence electrons. The van der Waals surface area contributed by atoms with E-state index >= 15 is 0 Å². The normalized spacial score (nSPS) is 10.7. The Hall–Kier alpha value is -1.33. The Morgan fingerprint density at radius 3 is 2.65 bits per heavy atom. The number of nitrogens with one attached hydrogen (secondary N) is 1. The van der Waals surface area contributed by atoms with Crippen molar-refractivity contribution in [2.45, 2.75) is 13.3 Å². The van der Waals surface area contributed by atoms with Gasteiger partial charge in [0.25, 0.3) is 5.91 Å². The lowest BCUT2D eigenvalue weighted by Gasteiger charge is -2.19. The Kier molecular flexibility index (Phi) is 6.75. The molecule has 6 heteroatoms. The van der Waals surface area contributed by atoms with Crippen molar-refractivity contribution in [2.24, 2.45) is 0 Å². The van der Waals surface area contributed by atoms with Gasteiger partial charge in [0.05, 0.1) is 10.6 Å². The second-order valence-electron chi connectivity index (χ2n) is 4.96. The molecule has 0 saturated carbocycles. The van der Waals surface area contributed by atoms with E-state index in [0.717, 1.165) is 19.5 Å². The number of anilines is 1. The molecule has 1 aromatic heterocycles. The molecule has 20 heavy (non-hydrogen) atoms. The van der Waals surface area contributed by atoms with Crippen molar-refractivity contribution in [3.05, 3.63) is 22.8 Å². The van der Waals surface area contributed by atoms with Crippen LogP contribution in [0.2, 0.25) is 5.02 Å². The summed E-state index contributed by atoms with van der Waals surface area (Å²) in [7, 11) is 5.83. The van der Waals surface area contributed by atoms with Crippen LogP contribution in [-0.4, -0.2) is 61.5 Å². The van der Waals surface area contributed by atoms with Crippen molar-refractivity contribution in [1.82, 2.24) is 14.8 Å². The van der Waals surface area contributed by atoms with Gasteiger partial charge in [-0.05, 0) is 40.1 Å². The van der Waals surface area contributed by atoms with Crippen LogP contribution in [0.15, 0.2) is 12.3 Å². The van der Waals surface area contributed by atoms with Gasteiger partial charge >= 0.3 is 0 Å². The first-order valence-corrected chi connectivity index (χ1v) is 7.13. The molecule has 1 heterocycles. The quantitative estimate of drug-likeness (QED) is 0.838. The molecule has 0 aliphatic rings. The molecule has 5 nitrogen and oxygen atoms in total. The maximum absolute atomic E-state index is 12.4. The third-order valence-corrected chi connectivity index (χ3v) is 3.19. The number of amides is 1. The largest absolute Gasteiger partial charge is 0.370 e. The Bertz CT molecular complexity index is 451. The molecular formula is C14H23ClN4O. The Morgan fingerprint density at radius 1 is 1.35 bits per heavy atom. The van der Waals surface area contributed by atoms with E-state index in [-0.39, 0.29) is 5.91 Å². The van der Waals surface area contributed by atoms with Crippen LogP contribution in [0.4, 0.5) is 5.82 Å². The molecule has 1 amide bonds. The summed E-state index contributed by atoms with van der Waals surface area (Å²) in [6, 6.07) is 1.70. The van der Waals surface area contributed by atoms with Crippen LogP contribution in [0.5, 0.6) is 0 Å². The van der Waals surface area contributed by atoms with Gasteiger partial charge in [0.1, 0.15) is 5.82 Å². The predicted octanol–water partition coefficient (Wildman–Crippen LogP) is 2.19. The van der Waals surface area contributed by atoms with E-state index in [4.69, 9.17) is 11.6 Å². The molecular weight excluding hydrogens is 276 g/mol. The molecule has 0 unspecified atom stereocenters. The molecule has 1 rings (SSSR count).